The molecule has 0 amide bonds. The smallest absolute Gasteiger partial charge is 0.136 e. The number of piperidine rings is 1. The molecule has 0 saturated carbocycles. The molecule has 1 rings (SSSR count). The molecular weight excluding hydrogens is 174 g/mol. The molecule has 1 aliphatic rings. The SMILES string of the molecule is Cl.N#CC(C#N)C1CCNCC1. The highest BCUT2D eigenvalue weighted by molar-refractivity contribution is 5.85. The quantitative estimate of drug-likeness (QED) is 0.665. The van der Waals surface area contributed by atoms with Crippen molar-refractivity contribution in [2.24, 2.45) is 11.8 Å². The van der Waals surface area contributed by atoms with Crippen LogP contribution in [0.5, 0.6) is 0 Å². The molecule has 1 heterocycles. The molecule has 4 heteroatoms. The van der Waals surface area contributed by atoms with E-state index in [0.29, 0.717) is 5.92 Å². The molecule has 1 aliphatic heterocycles. The lowest BCUT2D eigenvalue weighted by molar-refractivity contribution is 0.341. The van der Waals surface area contributed by atoms with Crippen molar-refractivity contribution in [3.05, 3.63) is 0 Å². The largest absolute Gasteiger partial charge is 0.317 e. The third-order valence-corrected chi connectivity index (χ3v) is 2.13. The zero-order valence-corrected chi connectivity index (χ0v) is 7.60. The maximum absolute atomic E-state index is 8.59. The van der Waals surface area contributed by atoms with Gasteiger partial charge in [-0.25, -0.2) is 0 Å². The van der Waals surface area contributed by atoms with Crippen LogP contribution in [-0.2, 0) is 0 Å². The maximum Gasteiger partial charge on any atom is 0.136 e. The molecule has 0 radical (unpaired) electrons. The monoisotopic (exact) mass is 185 g/mol. The van der Waals surface area contributed by atoms with Crippen LogP contribution in [0.4, 0.5) is 0 Å². The van der Waals surface area contributed by atoms with Crippen molar-refractivity contribution < 1.29 is 0 Å². The van der Waals surface area contributed by atoms with Crippen LogP contribution < -0.4 is 5.32 Å². The molecule has 0 bridgehead atoms. The standard InChI is InChI=1S/C8H11N3.ClH/c9-5-8(6-10)7-1-3-11-4-2-7;/h7-8,11H,1-4H2;1H. The van der Waals surface area contributed by atoms with E-state index >= 15 is 0 Å². The fourth-order valence-electron chi connectivity index (χ4n) is 1.42. The van der Waals surface area contributed by atoms with Gasteiger partial charge in [0.25, 0.3) is 0 Å². The van der Waals surface area contributed by atoms with Gasteiger partial charge in [-0.05, 0) is 31.8 Å². The summed E-state index contributed by atoms with van der Waals surface area (Å²) in [4.78, 5) is 0. The number of nitriles is 2. The van der Waals surface area contributed by atoms with E-state index in [-0.39, 0.29) is 12.4 Å². The molecule has 1 N–H and O–H groups in total. The predicted molar refractivity (Wildman–Crippen MR) is 47.6 cm³/mol. The Morgan fingerprint density at radius 3 is 2.08 bits per heavy atom. The van der Waals surface area contributed by atoms with Crippen LogP contribution in [0.2, 0.25) is 0 Å². The highest BCUT2D eigenvalue weighted by Gasteiger charge is 2.22. The molecule has 0 spiro atoms. The van der Waals surface area contributed by atoms with Gasteiger partial charge in [0.15, 0.2) is 0 Å². The van der Waals surface area contributed by atoms with Gasteiger partial charge in [0, 0.05) is 0 Å². The zero-order valence-electron chi connectivity index (χ0n) is 6.79. The molecule has 0 aliphatic carbocycles. The number of hydrogen-bond acceptors (Lipinski definition) is 3. The van der Waals surface area contributed by atoms with E-state index in [9.17, 15) is 0 Å². The summed E-state index contributed by atoms with van der Waals surface area (Å²) >= 11 is 0. The van der Waals surface area contributed by atoms with E-state index in [0.717, 1.165) is 25.9 Å². The Bertz CT molecular complexity index is 183. The third kappa shape index (κ3) is 2.70. The molecule has 3 nitrogen and oxygen atoms in total. The summed E-state index contributed by atoms with van der Waals surface area (Å²) in [7, 11) is 0. The van der Waals surface area contributed by atoms with E-state index in [1.165, 1.54) is 0 Å². The molecule has 0 atom stereocenters. The average Bonchev–Trinajstić information content (AvgIpc) is 2.09. The van der Waals surface area contributed by atoms with Crippen LogP contribution in [-0.4, -0.2) is 13.1 Å². The van der Waals surface area contributed by atoms with Gasteiger partial charge in [0.2, 0.25) is 0 Å². The Morgan fingerprint density at radius 1 is 1.17 bits per heavy atom. The predicted octanol–water partition coefficient (Wildman–Crippen LogP) is 1.07. The lowest BCUT2D eigenvalue weighted by Crippen LogP contribution is -2.30. The first kappa shape index (κ1) is 11.2. The van der Waals surface area contributed by atoms with Crippen LogP contribution in [0.1, 0.15) is 12.8 Å². The number of nitrogens with zero attached hydrogens (tertiary/aromatic N) is 2. The zero-order chi connectivity index (χ0) is 8.10. The molecule has 0 aromatic heterocycles. The van der Waals surface area contributed by atoms with Gasteiger partial charge in [-0.2, -0.15) is 10.5 Å². The van der Waals surface area contributed by atoms with Crippen molar-refractivity contribution in [3.63, 3.8) is 0 Å². The van der Waals surface area contributed by atoms with E-state index in [1.807, 2.05) is 12.1 Å². The lowest BCUT2D eigenvalue weighted by atomic mass is 9.87. The highest BCUT2D eigenvalue weighted by atomic mass is 35.5. The molecule has 0 aromatic carbocycles. The second-order valence-corrected chi connectivity index (χ2v) is 2.82. The number of halogens is 1. The minimum absolute atomic E-state index is 0. The highest BCUT2D eigenvalue weighted by Crippen LogP contribution is 2.20. The van der Waals surface area contributed by atoms with Crippen molar-refractivity contribution in [3.8, 4) is 12.1 Å². The topological polar surface area (TPSA) is 59.6 Å². The summed E-state index contributed by atoms with van der Waals surface area (Å²) in [6.07, 6.45) is 1.93. The van der Waals surface area contributed by atoms with Gasteiger partial charge in [0.05, 0.1) is 12.1 Å². The van der Waals surface area contributed by atoms with Crippen LogP contribution in [0.15, 0.2) is 0 Å². The molecule has 12 heavy (non-hydrogen) atoms. The summed E-state index contributed by atoms with van der Waals surface area (Å²) in [5, 5.41) is 20.4. The Balaban J connectivity index is 0.00000121. The molecule has 66 valence electrons. The molecule has 0 unspecified atom stereocenters. The number of hydrogen-bond donors (Lipinski definition) is 1. The van der Waals surface area contributed by atoms with Crippen molar-refractivity contribution >= 4 is 12.4 Å². The van der Waals surface area contributed by atoms with E-state index in [2.05, 4.69) is 5.32 Å². The molecule has 1 fully saturated rings. The molecular formula is C8H12ClN3. The number of rotatable bonds is 1. The summed E-state index contributed by atoms with van der Waals surface area (Å²) in [6.45, 7) is 1.90. The van der Waals surface area contributed by atoms with Gasteiger partial charge in [0.1, 0.15) is 5.92 Å². The normalized spacial score (nSPS) is 17.6. The maximum atomic E-state index is 8.59. The minimum atomic E-state index is -0.392. The van der Waals surface area contributed by atoms with E-state index in [4.69, 9.17) is 10.5 Å². The summed E-state index contributed by atoms with van der Waals surface area (Å²) in [5.41, 5.74) is 0. The van der Waals surface area contributed by atoms with Gasteiger partial charge in [-0.15, -0.1) is 12.4 Å². The van der Waals surface area contributed by atoms with Crippen LogP contribution >= 0.6 is 12.4 Å². The van der Waals surface area contributed by atoms with Crippen molar-refractivity contribution in [1.82, 2.24) is 5.32 Å². The average molecular weight is 186 g/mol. The minimum Gasteiger partial charge on any atom is -0.317 e. The first-order valence-electron chi connectivity index (χ1n) is 3.88. The van der Waals surface area contributed by atoms with E-state index < -0.39 is 5.92 Å². The van der Waals surface area contributed by atoms with Gasteiger partial charge >= 0.3 is 0 Å². The summed E-state index contributed by atoms with van der Waals surface area (Å²) in [6, 6.07) is 4.07. The Kier molecular flexibility index (Phi) is 5.45. The second-order valence-electron chi connectivity index (χ2n) is 2.82. The third-order valence-electron chi connectivity index (χ3n) is 2.13. The van der Waals surface area contributed by atoms with Crippen LogP contribution in [0.25, 0.3) is 0 Å². The Labute approximate surface area is 78.8 Å². The first-order valence-corrected chi connectivity index (χ1v) is 3.88. The van der Waals surface area contributed by atoms with Crippen molar-refractivity contribution in [2.45, 2.75) is 12.8 Å². The Hall–Kier alpha value is -0.770. The van der Waals surface area contributed by atoms with Gasteiger partial charge in [-0.1, -0.05) is 0 Å². The summed E-state index contributed by atoms with van der Waals surface area (Å²) < 4.78 is 0. The van der Waals surface area contributed by atoms with Gasteiger partial charge in [-0.3, -0.25) is 0 Å². The molecule has 1 saturated heterocycles. The summed E-state index contributed by atoms with van der Waals surface area (Å²) in [5.74, 6) is -0.0941. The van der Waals surface area contributed by atoms with Crippen LogP contribution in [0.3, 0.4) is 0 Å². The molecule has 0 aromatic rings. The fraction of sp³-hybridized carbons (Fsp3) is 0.750. The van der Waals surface area contributed by atoms with Crippen LogP contribution in [0, 0.1) is 34.5 Å². The lowest BCUT2D eigenvalue weighted by Gasteiger charge is -2.22. The second kappa shape index (κ2) is 5.83. The van der Waals surface area contributed by atoms with Crippen molar-refractivity contribution in [1.29, 1.82) is 10.5 Å². The number of nitrogens with one attached hydrogen (secondary N) is 1. The fourth-order valence-corrected chi connectivity index (χ4v) is 1.42. The first-order chi connectivity index (χ1) is 5.38. The van der Waals surface area contributed by atoms with Gasteiger partial charge < -0.3 is 5.32 Å². The Morgan fingerprint density at radius 2 is 1.67 bits per heavy atom. The van der Waals surface area contributed by atoms with E-state index in [1.54, 1.807) is 0 Å². The van der Waals surface area contributed by atoms with Crippen molar-refractivity contribution in [2.75, 3.05) is 13.1 Å².